The smallest absolute Gasteiger partial charge is 0.128 e. The Morgan fingerprint density at radius 3 is 2.55 bits per heavy atom. The summed E-state index contributed by atoms with van der Waals surface area (Å²) in [6, 6.07) is 14.4. The lowest BCUT2D eigenvalue weighted by Crippen LogP contribution is -2.35. The van der Waals surface area contributed by atoms with Gasteiger partial charge in [0.2, 0.25) is 0 Å². The minimum absolute atomic E-state index is 0.293. The summed E-state index contributed by atoms with van der Waals surface area (Å²) in [4.78, 5) is 4.15. The van der Waals surface area contributed by atoms with Gasteiger partial charge in [-0.2, -0.15) is 0 Å². The molecule has 3 rings (SSSR count). The molecule has 2 N–H and O–H groups in total. The Morgan fingerprint density at radius 2 is 1.75 bits per heavy atom. The van der Waals surface area contributed by atoms with Gasteiger partial charge in [-0.25, -0.2) is 4.39 Å². The van der Waals surface area contributed by atoms with Crippen LogP contribution in [-0.2, 0) is 5.54 Å². The molecule has 0 aliphatic carbocycles. The monoisotopic (exact) mass is 266 g/mol. The van der Waals surface area contributed by atoms with Crippen molar-refractivity contribution in [2.45, 2.75) is 12.5 Å². The van der Waals surface area contributed by atoms with Crippen molar-refractivity contribution in [3.05, 3.63) is 77.9 Å². The first-order valence-electron chi connectivity index (χ1n) is 6.48. The van der Waals surface area contributed by atoms with E-state index in [2.05, 4.69) is 4.98 Å². The summed E-state index contributed by atoms with van der Waals surface area (Å²) in [5.41, 5.74) is 6.90. The number of nitrogens with zero attached hydrogens (tertiary/aromatic N) is 1. The maximum absolute atomic E-state index is 14.1. The van der Waals surface area contributed by atoms with Crippen LogP contribution in [-0.4, -0.2) is 4.98 Å². The molecule has 0 saturated carbocycles. The predicted molar refractivity (Wildman–Crippen MR) is 78.8 cm³/mol. The van der Waals surface area contributed by atoms with E-state index in [4.69, 9.17) is 5.73 Å². The van der Waals surface area contributed by atoms with Gasteiger partial charge < -0.3 is 5.73 Å². The second-order valence-corrected chi connectivity index (χ2v) is 5.08. The van der Waals surface area contributed by atoms with E-state index in [0.717, 1.165) is 16.3 Å². The molecule has 0 bridgehead atoms. The Morgan fingerprint density at radius 1 is 1.00 bits per heavy atom. The molecule has 2 nitrogen and oxygen atoms in total. The number of hydrogen-bond donors (Lipinski definition) is 1. The molecular formula is C17H15FN2. The third-order valence-electron chi connectivity index (χ3n) is 3.68. The zero-order valence-electron chi connectivity index (χ0n) is 11.2. The van der Waals surface area contributed by atoms with Crippen molar-refractivity contribution >= 4 is 10.8 Å². The van der Waals surface area contributed by atoms with Gasteiger partial charge in [0.15, 0.2) is 0 Å². The largest absolute Gasteiger partial charge is 0.318 e. The van der Waals surface area contributed by atoms with Gasteiger partial charge in [-0.15, -0.1) is 0 Å². The zero-order chi connectivity index (χ0) is 14.2. The molecule has 0 radical (unpaired) electrons. The summed E-state index contributed by atoms with van der Waals surface area (Å²) in [6.07, 6.45) is 3.51. The number of aromatic nitrogens is 1. The average molecular weight is 266 g/mol. The van der Waals surface area contributed by atoms with E-state index in [0.29, 0.717) is 5.56 Å². The molecule has 1 unspecified atom stereocenters. The number of benzene rings is 2. The van der Waals surface area contributed by atoms with E-state index in [1.165, 1.54) is 6.07 Å². The third-order valence-corrected chi connectivity index (χ3v) is 3.68. The molecule has 1 heterocycles. The molecule has 2 aromatic carbocycles. The quantitative estimate of drug-likeness (QED) is 0.769. The summed E-state index contributed by atoms with van der Waals surface area (Å²) in [7, 11) is 0. The van der Waals surface area contributed by atoms with Crippen LogP contribution in [0.4, 0.5) is 4.39 Å². The SMILES string of the molecule is CC(N)(c1ccccc1F)c1cccc2ccncc12. The molecule has 0 aliphatic heterocycles. The first-order chi connectivity index (χ1) is 9.60. The number of rotatable bonds is 2. The van der Waals surface area contributed by atoms with Crippen LogP contribution in [0, 0.1) is 5.82 Å². The number of fused-ring (bicyclic) bond motifs is 1. The highest BCUT2D eigenvalue weighted by Crippen LogP contribution is 2.32. The Kier molecular flexibility index (Phi) is 2.99. The maximum Gasteiger partial charge on any atom is 0.128 e. The molecule has 1 aromatic heterocycles. The number of hydrogen-bond acceptors (Lipinski definition) is 2. The van der Waals surface area contributed by atoms with Crippen LogP contribution in [0.1, 0.15) is 18.1 Å². The lowest BCUT2D eigenvalue weighted by molar-refractivity contribution is 0.533. The number of nitrogens with two attached hydrogens (primary N) is 1. The normalized spacial score (nSPS) is 14.2. The second kappa shape index (κ2) is 4.69. The van der Waals surface area contributed by atoms with Crippen LogP contribution >= 0.6 is 0 Å². The van der Waals surface area contributed by atoms with Crippen LogP contribution in [0.2, 0.25) is 0 Å². The lowest BCUT2D eigenvalue weighted by atomic mass is 9.83. The van der Waals surface area contributed by atoms with Gasteiger partial charge >= 0.3 is 0 Å². The van der Waals surface area contributed by atoms with E-state index >= 15 is 0 Å². The molecule has 3 aromatic rings. The molecule has 1 atom stereocenters. The van der Waals surface area contributed by atoms with Crippen LogP contribution < -0.4 is 5.73 Å². The maximum atomic E-state index is 14.1. The van der Waals surface area contributed by atoms with Crippen molar-refractivity contribution in [2.24, 2.45) is 5.73 Å². The highest BCUT2D eigenvalue weighted by Gasteiger charge is 2.28. The van der Waals surface area contributed by atoms with E-state index in [9.17, 15) is 4.39 Å². The summed E-state index contributed by atoms with van der Waals surface area (Å²) >= 11 is 0. The van der Waals surface area contributed by atoms with Crippen molar-refractivity contribution in [1.29, 1.82) is 0 Å². The lowest BCUT2D eigenvalue weighted by Gasteiger charge is -2.27. The Hall–Kier alpha value is -2.26. The van der Waals surface area contributed by atoms with E-state index in [-0.39, 0.29) is 5.82 Å². The Balaban J connectivity index is 2.27. The average Bonchev–Trinajstić information content (AvgIpc) is 2.47. The first kappa shape index (κ1) is 12.8. The van der Waals surface area contributed by atoms with Gasteiger partial charge in [0.1, 0.15) is 5.82 Å². The number of pyridine rings is 1. The van der Waals surface area contributed by atoms with Gasteiger partial charge in [-0.1, -0.05) is 36.4 Å². The second-order valence-electron chi connectivity index (χ2n) is 5.08. The Bertz CT molecular complexity index is 760. The molecule has 0 saturated heterocycles. The molecule has 100 valence electrons. The third kappa shape index (κ3) is 1.96. The van der Waals surface area contributed by atoms with Crippen LogP contribution in [0.25, 0.3) is 10.8 Å². The molecule has 0 spiro atoms. The fraction of sp³-hybridized carbons (Fsp3) is 0.118. The highest BCUT2D eigenvalue weighted by molar-refractivity contribution is 5.86. The molecule has 0 fully saturated rings. The van der Waals surface area contributed by atoms with Gasteiger partial charge in [0.25, 0.3) is 0 Å². The summed E-state index contributed by atoms with van der Waals surface area (Å²) in [5.74, 6) is -0.293. The fourth-order valence-electron chi connectivity index (χ4n) is 2.59. The van der Waals surface area contributed by atoms with Gasteiger partial charge in [0, 0.05) is 23.3 Å². The Labute approximate surface area is 117 Å². The van der Waals surface area contributed by atoms with Gasteiger partial charge in [0.05, 0.1) is 5.54 Å². The number of halogens is 1. The molecular weight excluding hydrogens is 251 g/mol. The minimum atomic E-state index is -0.909. The predicted octanol–water partition coefficient (Wildman–Crippen LogP) is 3.60. The molecule has 0 amide bonds. The molecule has 0 aliphatic rings. The molecule has 20 heavy (non-hydrogen) atoms. The summed E-state index contributed by atoms with van der Waals surface area (Å²) in [6.45, 7) is 1.83. The van der Waals surface area contributed by atoms with Crippen molar-refractivity contribution < 1.29 is 4.39 Å². The fourth-order valence-corrected chi connectivity index (χ4v) is 2.59. The van der Waals surface area contributed by atoms with Crippen LogP contribution in [0.15, 0.2) is 60.9 Å². The summed E-state index contributed by atoms with van der Waals surface area (Å²) in [5, 5.41) is 1.99. The topological polar surface area (TPSA) is 38.9 Å². The first-order valence-corrected chi connectivity index (χ1v) is 6.48. The summed E-state index contributed by atoms with van der Waals surface area (Å²) < 4.78 is 14.1. The van der Waals surface area contributed by atoms with Crippen molar-refractivity contribution in [1.82, 2.24) is 4.98 Å². The van der Waals surface area contributed by atoms with Gasteiger partial charge in [-0.3, -0.25) is 4.98 Å². The van der Waals surface area contributed by atoms with Crippen molar-refractivity contribution in [3.8, 4) is 0 Å². The van der Waals surface area contributed by atoms with Crippen molar-refractivity contribution in [2.75, 3.05) is 0 Å². The highest BCUT2D eigenvalue weighted by atomic mass is 19.1. The van der Waals surface area contributed by atoms with Crippen LogP contribution in [0.5, 0.6) is 0 Å². The van der Waals surface area contributed by atoms with E-state index in [1.807, 2.05) is 31.2 Å². The van der Waals surface area contributed by atoms with Gasteiger partial charge in [-0.05, 0) is 30.0 Å². The van der Waals surface area contributed by atoms with E-state index in [1.54, 1.807) is 30.6 Å². The van der Waals surface area contributed by atoms with Crippen LogP contribution in [0.3, 0.4) is 0 Å². The minimum Gasteiger partial charge on any atom is -0.318 e. The standard InChI is InChI=1S/C17H15FN2/c1-17(19,15-6-2-3-8-16(15)18)14-7-4-5-12-9-10-20-11-13(12)14/h2-11H,19H2,1H3. The zero-order valence-corrected chi connectivity index (χ0v) is 11.2. The molecule has 3 heteroatoms. The van der Waals surface area contributed by atoms with Crippen molar-refractivity contribution in [3.63, 3.8) is 0 Å². The van der Waals surface area contributed by atoms with E-state index < -0.39 is 5.54 Å².